The van der Waals surface area contributed by atoms with Crippen LogP contribution in [-0.2, 0) is 26.2 Å². The van der Waals surface area contributed by atoms with Gasteiger partial charge >= 0.3 is 0 Å². The zero-order valence-corrected chi connectivity index (χ0v) is 26.5. The number of nitrogens with zero attached hydrogens (tertiary/aromatic N) is 2. The van der Waals surface area contributed by atoms with Crippen molar-refractivity contribution >= 4 is 66.7 Å². The van der Waals surface area contributed by atoms with Gasteiger partial charge in [-0.25, -0.2) is 8.42 Å². The molecule has 0 bridgehead atoms. The van der Waals surface area contributed by atoms with Gasteiger partial charge in [0.1, 0.15) is 12.6 Å². The predicted molar refractivity (Wildman–Crippen MR) is 167 cm³/mol. The number of halogens is 3. The smallest absolute Gasteiger partial charge is 0.264 e. The molecule has 0 unspecified atom stereocenters. The molecule has 1 aliphatic carbocycles. The van der Waals surface area contributed by atoms with Crippen LogP contribution in [0.3, 0.4) is 0 Å². The number of nitrogens with one attached hydrogen (secondary N) is 1. The zero-order valence-electron chi connectivity index (χ0n) is 22.6. The Morgan fingerprint density at radius 3 is 2.32 bits per heavy atom. The molecule has 1 aliphatic rings. The van der Waals surface area contributed by atoms with Crippen molar-refractivity contribution < 1.29 is 18.0 Å². The summed E-state index contributed by atoms with van der Waals surface area (Å²) < 4.78 is 29.4. The number of anilines is 1. The molecule has 7 nitrogen and oxygen atoms in total. The molecule has 2 amide bonds. The Balaban J connectivity index is 1.68. The molecule has 1 atom stereocenters. The van der Waals surface area contributed by atoms with Crippen LogP contribution in [0.4, 0.5) is 5.69 Å². The van der Waals surface area contributed by atoms with Crippen LogP contribution in [0.25, 0.3) is 0 Å². The van der Waals surface area contributed by atoms with Crippen LogP contribution in [-0.4, -0.2) is 43.8 Å². The normalized spacial score (nSPS) is 14.7. The molecular weight excluding hydrogens is 649 g/mol. The zero-order chi connectivity index (χ0) is 29.6. The Labute approximate surface area is 260 Å². The highest BCUT2D eigenvalue weighted by molar-refractivity contribution is 9.10. The Bertz CT molecular complexity index is 1480. The first-order chi connectivity index (χ1) is 19.6. The Morgan fingerprint density at radius 2 is 1.66 bits per heavy atom. The van der Waals surface area contributed by atoms with Gasteiger partial charge in [0.15, 0.2) is 0 Å². The van der Waals surface area contributed by atoms with E-state index >= 15 is 0 Å². The summed E-state index contributed by atoms with van der Waals surface area (Å²) in [5.41, 5.74) is 0.968. The highest BCUT2D eigenvalue weighted by atomic mass is 79.9. The third-order valence-electron chi connectivity index (χ3n) is 7.16. The number of carbonyl (C=O) groups is 2. The largest absolute Gasteiger partial charge is 0.352 e. The molecule has 0 aromatic heterocycles. The van der Waals surface area contributed by atoms with Crippen molar-refractivity contribution in [3.8, 4) is 0 Å². The first-order valence-corrected chi connectivity index (χ1v) is 16.4. The van der Waals surface area contributed by atoms with E-state index in [0.29, 0.717) is 25.8 Å². The molecule has 0 radical (unpaired) electrons. The van der Waals surface area contributed by atoms with Gasteiger partial charge in [0, 0.05) is 17.1 Å². The average molecular weight is 681 g/mol. The van der Waals surface area contributed by atoms with E-state index in [1.54, 1.807) is 67.6 Å². The van der Waals surface area contributed by atoms with Gasteiger partial charge in [0.05, 0.1) is 20.6 Å². The summed E-state index contributed by atoms with van der Waals surface area (Å²) in [5.74, 6) is -0.827. The summed E-state index contributed by atoms with van der Waals surface area (Å²) in [6.45, 7) is 1.17. The number of hydrogen-bond donors (Lipinski definition) is 1. The lowest BCUT2D eigenvalue weighted by atomic mass is 9.95. The van der Waals surface area contributed by atoms with Gasteiger partial charge < -0.3 is 10.2 Å². The number of rotatable bonds is 10. The molecule has 0 heterocycles. The Hall–Kier alpha value is -2.59. The van der Waals surface area contributed by atoms with Crippen molar-refractivity contribution in [1.82, 2.24) is 10.2 Å². The minimum Gasteiger partial charge on any atom is -0.352 e. The van der Waals surface area contributed by atoms with Gasteiger partial charge in [-0.05, 0) is 67.8 Å². The molecule has 1 N–H and O–H groups in total. The molecule has 1 fully saturated rings. The molecule has 0 spiro atoms. The van der Waals surface area contributed by atoms with E-state index in [9.17, 15) is 18.0 Å². The van der Waals surface area contributed by atoms with Crippen LogP contribution >= 0.6 is 39.1 Å². The van der Waals surface area contributed by atoms with Crippen molar-refractivity contribution in [2.75, 3.05) is 10.8 Å². The maximum absolute atomic E-state index is 14.1. The van der Waals surface area contributed by atoms with Crippen molar-refractivity contribution in [3.05, 3.63) is 92.9 Å². The van der Waals surface area contributed by atoms with Crippen LogP contribution in [0.15, 0.2) is 82.2 Å². The fourth-order valence-corrected chi connectivity index (χ4v) is 7.00. The quantitative estimate of drug-likeness (QED) is 0.255. The molecule has 3 aromatic rings. The highest BCUT2D eigenvalue weighted by Gasteiger charge is 2.33. The molecule has 4 rings (SSSR count). The summed E-state index contributed by atoms with van der Waals surface area (Å²) in [6, 6.07) is 18.9. The van der Waals surface area contributed by atoms with Gasteiger partial charge in [-0.3, -0.25) is 13.9 Å². The third-order valence-corrected chi connectivity index (χ3v) is 10.2. The van der Waals surface area contributed by atoms with Crippen molar-refractivity contribution in [1.29, 1.82) is 0 Å². The molecule has 0 saturated heterocycles. The maximum atomic E-state index is 14.1. The fourth-order valence-electron chi connectivity index (χ4n) is 4.87. The molecule has 11 heteroatoms. The Kier molecular flexibility index (Phi) is 10.7. The van der Waals surface area contributed by atoms with Crippen LogP contribution in [0, 0.1) is 0 Å². The number of hydrogen-bond acceptors (Lipinski definition) is 4. The highest BCUT2D eigenvalue weighted by Crippen LogP contribution is 2.28. The standard InChI is InChI=1S/C30H32BrCl2N3O4S/c1-21(30(38)34-24-10-4-2-5-11-24)35(19-22-15-16-27(32)28(33)17-22)29(37)20-36(25-12-8-9-23(31)18-25)41(39,40)26-13-6-3-7-14-26/h3,6-9,12-18,21,24H,2,4-5,10-11,19-20H2,1H3,(H,34,38)/t21-/m0/s1. The van der Waals surface area contributed by atoms with Gasteiger partial charge in [-0.1, -0.05) is 88.7 Å². The van der Waals surface area contributed by atoms with E-state index in [1.807, 2.05) is 0 Å². The van der Waals surface area contributed by atoms with Crippen LogP contribution in [0.2, 0.25) is 10.0 Å². The summed E-state index contributed by atoms with van der Waals surface area (Å²) in [6.07, 6.45) is 5.02. The van der Waals surface area contributed by atoms with E-state index in [4.69, 9.17) is 23.2 Å². The number of sulfonamides is 1. The van der Waals surface area contributed by atoms with Gasteiger partial charge in [-0.2, -0.15) is 0 Å². The minimum atomic E-state index is -4.13. The second-order valence-corrected chi connectivity index (χ2v) is 13.7. The average Bonchev–Trinajstić information content (AvgIpc) is 2.96. The summed E-state index contributed by atoms with van der Waals surface area (Å²) >= 11 is 15.8. The number of carbonyl (C=O) groups excluding carboxylic acids is 2. The first-order valence-electron chi connectivity index (χ1n) is 13.4. The van der Waals surface area contributed by atoms with E-state index in [0.717, 1.165) is 36.4 Å². The summed E-state index contributed by atoms with van der Waals surface area (Å²) in [5, 5.41) is 3.78. The van der Waals surface area contributed by atoms with E-state index < -0.39 is 28.5 Å². The maximum Gasteiger partial charge on any atom is 0.264 e. The van der Waals surface area contributed by atoms with Crippen molar-refractivity contribution in [2.24, 2.45) is 0 Å². The van der Waals surface area contributed by atoms with Crippen molar-refractivity contribution in [2.45, 2.75) is 62.6 Å². The minimum absolute atomic E-state index is 0.0344. The molecule has 0 aliphatic heterocycles. The topological polar surface area (TPSA) is 86.8 Å². The van der Waals surface area contributed by atoms with E-state index in [2.05, 4.69) is 21.2 Å². The first kappa shape index (κ1) is 31.3. The third kappa shape index (κ3) is 8.03. The molecule has 3 aromatic carbocycles. The lowest BCUT2D eigenvalue weighted by Gasteiger charge is -2.33. The monoisotopic (exact) mass is 679 g/mol. The van der Waals surface area contributed by atoms with Gasteiger partial charge in [-0.15, -0.1) is 0 Å². The van der Waals surface area contributed by atoms with Crippen LogP contribution in [0.5, 0.6) is 0 Å². The lowest BCUT2D eigenvalue weighted by Crippen LogP contribution is -2.53. The summed E-state index contributed by atoms with van der Waals surface area (Å²) in [4.78, 5) is 28.9. The predicted octanol–water partition coefficient (Wildman–Crippen LogP) is 6.82. The second kappa shape index (κ2) is 14.1. The Morgan fingerprint density at radius 1 is 0.951 bits per heavy atom. The molecular formula is C30H32BrCl2N3O4S. The SMILES string of the molecule is C[C@@H](C(=O)NC1CCCCC1)N(Cc1ccc(Cl)c(Cl)c1)C(=O)CN(c1cccc(Br)c1)S(=O)(=O)c1ccccc1. The fraction of sp³-hybridized carbons (Fsp3) is 0.333. The van der Waals surface area contributed by atoms with Crippen molar-refractivity contribution in [3.63, 3.8) is 0 Å². The lowest BCUT2D eigenvalue weighted by molar-refractivity contribution is -0.139. The molecule has 218 valence electrons. The number of amides is 2. The van der Waals surface area contributed by atoms with E-state index in [-0.39, 0.29) is 23.4 Å². The van der Waals surface area contributed by atoms with Gasteiger partial charge in [0.25, 0.3) is 10.0 Å². The molecule has 1 saturated carbocycles. The van der Waals surface area contributed by atoms with Gasteiger partial charge in [0.2, 0.25) is 11.8 Å². The van der Waals surface area contributed by atoms with E-state index in [1.165, 1.54) is 17.0 Å². The van der Waals surface area contributed by atoms with Crippen LogP contribution < -0.4 is 9.62 Å². The molecule has 41 heavy (non-hydrogen) atoms. The summed E-state index contributed by atoms with van der Waals surface area (Å²) in [7, 11) is -4.13. The second-order valence-electron chi connectivity index (χ2n) is 10.1. The number of benzene rings is 3. The van der Waals surface area contributed by atoms with Crippen LogP contribution in [0.1, 0.15) is 44.6 Å².